The van der Waals surface area contributed by atoms with E-state index in [4.69, 9.17) is 9.15 Å². The first-order valence-electron chi connectivity index (χ1n) is 7.77. The molecule has 0 N–H and O–H groups in total. The topological polar surface area (TPSA) is 73.9 Å². The van der Waals surface area contributed by atoms with Crippen LogP contribution in [0.15, 0.2) is 63.8 Å². The number of nitrogens with zero attached hydrogens (tertiary/aromatic N) is 4. The van der Waals surface area contributed by atoms with Crippen LogP contribution in [0.4, 0.5) is 0 Å². The maximum Gasteiger partial charge on any atom is 0.277 e. The van der Waals surface area contributed by atoms with Crippen molar-refractivity contribution in [3.05, 3.63) is 59.9 Å². The summed E-state index contributed by atoms with van der Waals surface area (Å²) in [6, 6.07) is 11.6. The van der Waals surface area contributed by atoms with Crippen molar-refractivity contribution in [2.75, 3.05) is 7.11 Å². The highest BCUT2D eigenvalue weighted by molar-refractivity contribution is 7.98. The molecule has 8 heteroatoms. The lowest BCUT2D eigenvalue weighted by Gasteiger charge is -2.01. The lowest BCUT2D eigenvalue weighted by molar-refractivity contribution is 0.415. The summed E-state index contributed by atoms with van der Waals surface area (Å²) in [5, 5.41) is 11.7. The van der Waals surface area contributed by atoms with Gasteiger partial charge in [-0.15, -0.1) is 21.5 Å². The number of benzene rings is 1. The van der Waals surface area contributed by atoms with E-state index < -0.39 is 0 Å². The van der Waals surface area contributed by atoms with E-state index in [9.17, 15) is 0 Å². The van der Waals surface area contributed by atoms with Crippen LogP contribution in [0.3, 0.4) is 0 Å². The smallest absolute Gasteiger partial charge is 0.277 e. The molecule has 130 valence electrons. The Kier molecular flexibility index (Phi) is 4.94. The predicted octanol–water partition coefficient (Wildman–Crippen LogP) is 4.56. The summed E-state index contributed by atoms with van der Waals surface area (Å²) in [5.74, 6) is 1.98. The fourth-order valence-corrected chi connectivity index (χ4v) is 3.85. The first-order valence-corrected chi connectivity index (χ1v) is 9.64. The molecule has 6 nitrogen and oxygen atoms in total. The Hall–Kier alpha value is -2.71. The van der Waals surface area contributed by atoms with Gasteiger partial charge in [0.05, 0.1) is 12.8 Å². The van der Waals surface area contributed by atoms with E-state index in [2.05, 4.69) is 20.2 Å². The fraction of sp³-hybridized carbons (Fsp3) is 0.111. The van der Waals surface area contributed by atoms with Crippen LogP contribution in [0.25, 0.3) is 22.0 Å². The molecule has 0 bridgehead atoms. The molecule has 0 radical (unpaired) electrons. The summed E-state index contributed by atoms with van der Waals surface area (Å²) in [4.78, 5) is 8.66. The molecule has 0 saturated carbocycles. The van der Waals surface area contributed by atoms with Crippen LogP contribution in [0.2, 0.25) is 0 Å². The van der Waals surface area contributed by atoms with E-state index >= 15 is 0 Å². The summed E-state index contributed by atoms with van der Waals surface area (Å²) in [7, 11) is 1.66. The van der Waals surface area contributed by atoms with Crippen molar-refractivity contribution in [1.29, 1.82) is 0 Å². The number of ether oxygens (including phenoxy) is 1. The highest BCUT2D eigenvalue weighted by atomic mass is 32.2. The highest BCUT2D eigenvalue weighted by Crippen LogP contribution is 2.30. The van der Waals surface area contributed by atoms with Crippen molar-refractivity contribution in [2.45, 2.75) is 11.0 Å². The van der Waals surface area contributed by atoms with Gasteiger partial charge in [-0.3, -0.25) is 4.98 Å². The molecular formula is C18H14N4O2S2. The van der Waals surface area contributed by atoms with Crippen LogP contribution in [0.5, 0.6) is 5.75 Å². The van der Waals surface area contributed by atoms with Crippen molar-refractivity contribution in [3.63, 3.8) is 0 Å². The van der Waals surface area contributed by atoms with E-state index in [0.29, 0.717) is 16.9 Å². The molecule has 0 aliphatic rings. The van der Waals surface area contributed by atoms with Crippen LogP contribution in [0, 0.1) is 0 Å². The van der Waals surface area contributed by atoms with E-state index in [1.165, 1.54) is 11.8 Å². The van der Waals surface area contributed by atoms with E-state index in [1.54, 1.807) is 30.8 Å². The number of hydrogen-bond acceptors (Lipinski definition) is 8. The summed E-state index contributed by atoms with van der Waals surface area (Å²) in [5.41, 5.74) is 2.87. The standard InChI is InChI=1S/C18H14N4O2S2/c1-23-15-4-2-3-13(9-15)17-20-14(10-25-17)11-26-18-22-21-16(24-18)12-5-7-19-8-6-12/h2-10H,11H2,1H3. The third-order valence-corrected chi connectivity index (χ3v) is 5.34. The third-order valence-electron chi connectivity index (χ3n) is 3.55. The fourth-order valence-electron chi connectivity index (χ4n) is 2.28. The Morgan fingerprint density at radius 1 is 1.12 bits per heavy atom. The van der Waals surface area contributed by atoms with Crippen molar-refractivity contribution < 1.29 is 9.15 Å². The van der Waals surface area contributed by atoms with Gasteiger partial charge in [-0.1, -0.05) is 23.9 Å². The maximum absolute atomic E-state index is 5.69. The monoisotopic (exact) mass is 382 g/mol. The van der Waals surface area contributed by atoms with Crippen molar-refractivity contribution in [3.8, 4) is 27.8 Å². The molecule has 0 saturated heterocycles. The molecule has 3 heterocycles. The number of pyridine rings is 1. The average molecular weight is 382 g/mol. The molecule has 0 amide bonds. The number of methoxy groups -OCH3 is 1. The highest BCUT2D eigenvalue weighted by Gasteiger charge is 2.11. The largest absolute Gasteiger partial charge is 0.497 e. The first kappa shape index (κ1) is 16.7. The Morgan fingerprint density at radius 2 is 2.00 bits per heavy atom. The zero-order valence-electron chi connectivity index (χ0n) is 13.8. The van der Waals surface area contributed by atoms with Crippen molar-refractivity contribution in [1.82, 2.24) is 20.2 Å². The zero-order chi connectivity index (χ0) is 17.8. The van der Waals surface area contributed by atoms with Gasteiger partial charge in [0.1, 0.15) is 10.8 Å². The SMILES string of the molecule is COc1cccc(-c2nc(CSc3nnc(-c4ccncc4)o3)cs2)c1. The minimum atomic E-state index is 0.491. The van der Waals surface area contributed by atoms with Gasteiger partial charge in [-0.25, -0.2) is 4.98 Å². The third kappa shape index (κ3) is 3.76. The molecule has 3 aromatic heterocycles. The molecule has 0 aliphatic heterocycles. The van der Waals surface area contributed by atoms with Gasteiger partial charge in [-0.05, 0) is 24.3 Å². The molecule has 4 rings (SSSR count). The second kappa shape index (κ2) is 7.67. The maximum atomic E-state index is 5.69. The van der Waals surface area contributed by atoms with Gasteiger partial charge in [0.25, 0.3) is 5.22 Å². The molecule has 0 atom stereocenters. The second-order valence-corrected chi connectivity index (χ2v) is 7.06. The Balaban J connectivity index is 1.43. The van der Waals surface area contributed by atoms with Gasteiger partial charge >= 0.3 is 0 Å². The quantitative estimate of drug-likeness (QED) is 0.453. The van der Waals surface area contributed by atoms with Crippen LogP contribution in [-0.4, -0.2) is 27.3 Å². The molecule has 0 unspecified atom stereocenters. The number of hydrogen-bond donors (Lipinski definition) is 0. The van der Waals surface area contributed by atoms with Crippen molar-refractivity contribution in [2.24, 2.45) is 0 Å². The van der Waals surface area contributed by atoms with Crippen LogP contribution < -0.4 is 4.74 Å². The lowest BCUT2D eigenvalue weighted by atomic mass is 10.2. The normalized spacial score (nSPS) is 10.8. The summed E-state index contributed by atoms with van der Waals surface area (Å²) in [6.07, 6.45) is 3.39. The Morgan fingerprint density at radius 3 is 2.85 bits per heavy atom. The molecule has 26 heavy (non-hydrogen) atoms. The van der Waals surface area contributed by atoms with E-state index in [1.807, 2.05) is 41.8 Å². The van der Waals surface area contributed by atoms with E-state index in [-0.39, 0.29) is 0 Å². The average Bonchev–Trinajstić information content (AvgIpc) is 3.37. The van der Waals surface area contributed by atoms with Crippen molar-refractivity contribution >= 4 is 23.1 Å². The summed E-state index contributed by atoms with van der Waals surface area (Å²) < 4.78 is 11.0. The number of rotatable bonds is 6. The first-order chi connectivity index (χ1) is 12.8. The van der Waals surface area contributed by atoms with Crippen LogP contribution in [-0.2, 0) is 5.75 Å². The second-order valence-electron chi connectivity index (χ2n) is 5.27. The molecule has 4 aromatic rings. The van der Waals surface area contributed by atoms with Gasteiger partial charge in [0.2, 0.25) is 5.89 Å². The minimum Gasteiger partial charge on any atom is -0.497 e. The zero-order valence-corrected chi connectivity index (χ0v) is 15.5. The van der Waals surface area contributed by atoms with Crippen LogP contribution in [0.1, 0.15) is 5.69 Å². The Bertz CT molecular complexity index is 1000. The predicted molar refractivity (Wildman–Crippen MR) is 101 cm³/mol. The molecule has 1 aromatic carbocycles. The van der Waals surface area contributed by atoms with Gasteiger partial charge in [0.15, 0.2) is 0 Å². The number of thiazole rings is 1. The summed E-state index contributed by atoms with van der Waals surface area (Å²) >= 11 is 3.07. The minimum absolute atomic E-state index is 0.491. The summed E-state index contributed by atoms with van der Waals surface area (Å²) in [6.45, 7) is 0. The molecule has 0 spiro atoms. The number of thioether (sulfide) groups is 1. The van der Waals surface area contributed by atoms with Gasteiger partial charge < -0.3 is 9.15 Å². The van der Waals surface area contributed by atoms with Crippen LogP contribution >= 0.6 is 23.1 Å². The lowest BCUT2D eigenvalue weighted by Crippen LogP contribution is -1.85. The molecule has 0 aliphatic carbocycles. The van der Waals surface area contributed by atoms with E-state index in [0.717, 1.165) is 27.6 Å². The van der Waals surface area contributed by atoms with Gasteiger partial charge in [0, 0.05) is 34.7 Å². The Labute approximate surface area is 158 Å². The molecular weight excluding hydrogens is 368 g/mol. The van der Waals surface area contributed by atoms with Gasteiger partial charge in [-0.2, -0.15) is 0 Å². The molecule has 0 fully saturated rings. The number of aromatic nitrogens is 4.